The zero-order chi connectivity index (χ0) is 34.2. The first kappa shape index (κ1) is 34.8. The lowest BCUT2D eigenvalue weighted by atomic mass is 9.91. The number of benzene rings is 1. The van der Waals surface area contributed by atoms with Gasteiger partial charge < -0.3 is 30.7 Å². The number of likely N-dealkylation sites (tertiary alicyclic amines) is 2. The van der Waals surface area contributed by atoms with Crippen molar-refractivity contribution in [1.82, 2.24) is 24.5 Å². The monoisotopic (exact) mass is 709 g/mol. The number of halogens is 4. The molecule has 1 atom stereocenters. The van der Waals surface area contributed by atoms with E-state index in [-0.39, 0.29) is 47.3 Å². The SMILES string of the molecule is CN1CCN(C2CCN(C(=O)[C@H](CC(=O)N3CCC(N4Cc5sccc5NC4=O)CC3)Cc3cc(Cl)c(N)c(C(F)(F)F)c3)CC2)CC1. The van der Waals surface area contributed by atoms with E-state index in [1.807, 2.05) is 16.3 Å². The van der Waals surface area contributed by atoms with Crippen LogP contribution in [0.3, 0.4) is 0 Å². The van der Waals surface area contributed by atoms with Gasteiger partial charge in [-0.2, -0.15) is 13.2 Å². The van der Waals surface area contributed by atoms with Crippen LogP contribution in [-0.4, -0.2) is 114 Å². The van der Waals surface area contributed by atoms with Crippen molar-refractivity contribution >= 4 is 52.2 Å². The molecule has 0 spiro atoms. The number of piperidine rings is 2. The molecule has 0 bridgehead atoms. The van der Waals surface area contributed by atoms with Crippen molar-refractivity contribution in [1.29, 1.82) is 0 Å². The number of hydrogen-bond donors (Lipinski definition) is 2. The molecular weight excluding hydrogens is 667 g/mol. The number of nitrogens with two attached hydrogens (primary N) is 1. The maximum atomic E-state index is 14.1. The van der Waals surface area contributed by atoms with Crippen LogP contribution in [-0.2, 0) is 28.7 Å². The number of carbonyl (C=O) groups is 3. The quantitative estimate of drug-likeness (QED) is 0.400. The number of rotatable bonds is 7. The second-order valence-corrected chi connectivity index (χ2v) is 14.9. The van der Waals surface area contributed by atoms with Crippen LogP contribution in [0.1, 0.15) is 48.1 Å². The van der Waals surface area contributed by atoms with Gasteiger partial charge in [0.05, 0.1) is 34.4 Å². The van der Waals surface area contributed by atoms with E-state index in [0.717, 1.165) is 55.7 Å². The Kier molecular flexibility index (Phi) is 10.4. The number of carbonyl (C=O) groups excluding carboxylic acids is 3. The largest absolute Gasteiger partial charge is 0.418 e. The predicted octanol–water partition coefficient (Wildman–Crippen LogP) is 4.83. The van der Waals surface area contributed by atoms with Crippen molar-refractivity contribution in [3.8, 4) is 0 Å². The summed E-state index contributed by atoms with van der Waals surface area (Å²) in [5.41, 5.74) is 5.13. The number of alkyl halides is 3. The number of thiophene rings is 1. The summed E-state index contributed by atoms with van der Waals surface area (Å²) in [5, 5.41) is 4.66. The number of fused-ring (bicyclic) bond motifs is 1. The second-order valence-electron chi connectivity index (χ2n) is 13.5. The number of nitrogens with zero attached hydrogens (tertiary/aromatic N) is 5. The number of anilines is 2. The molecule has 0 unspecified atom stereocenters. The number of nitrogens with one attached hydrogen (secondary N) is 1. The molecule has 10 nitrogen and oxygen atoms in total. The van der Waals surface area contributed by atoms with Gasteiger partial charge in [-0.25, -0.2) is 4.79 Å². The molecule has 5 heterocycles. The van der Waals surface area contributed by atoms with Gasteiger partial charge in [-0.1, -0.05) is 11.6 Å². The van der Waals surface area contributed by atoms with Gasteiger partial charge >= 0.3 is 12.2 Å². The van der Waals surface area contributed by atoms with E-state index in [2.05, 4.69) is 22.2 Å². The highest BCUT2D eigenvalue weighted by Crippen LogP contribution is 2.39. The summed E-state index contributed by atoms with van der Waals surface area (Å²) in [5.74, 6) is -1.31. The molecule has 3 fully saturated rings. The van der Waals surface area contributed by atoms with Gasteiger partial charge in [0, 0.05) is 75.7 Å². The molecule has 262 valence electrons. The van der Waals surface area contributed by atoms with Crippen LogP contribution in [0.25, 0.3) is 0 Å². The average Bonchev–Trinajstić information content (AvgIpc) is 3.52. The van der Waals surface area contributed by atoms with E-state index < -0.39 is 23.3 Å². The Hall–Kier alpha value is -3.07. The normalized spacial score (nSPS) is 21.3. The zero-order valence-electron chi connectivity index (χ0n) is 27.1. The molecule has 0 radical (unpaired) electrons. The fourth-order valence-corrected chi connectivity index (χ4v) is 8.57. The molecule has 4 amide bonds. The van der Waals surface area contributed by atoms with Crippen molar-refractivity contribution in [2.45, 2.75) is 63.3 Å². The lowest BCUT2D eigenvalue weighted by Gasteiger charge is -2.42. The Labute approximate surface area is 287 Å². The van der Waals surface area contributed by atoms with Crippen molar-refractivity contribution in [3.63, 3.8) is 0 Å². The first-order valence-electron chi connectivity index (χ1n) is 16.7. The lowest BCUT2D eigenvalue weighted by molar-refractivity contribution is -0.143. The topological polar surface area (TPSA) is 105 Å². The van der Waals surface area contributed by atoms with Gasteiger partial charge in [-0.05, 0) is 68.3 Å². The van der Waals surface area contributed by atoms with Crippen LogP contribution in [0.5, 0.6) is 0 Å². The third-order valence-electron chi connectivity index (χ3n) is 10.4. The Bertz CT molecular complexity index is 1500. The summed E-state index contributed by atoms with van der Waals surface area (Å²) in [7, 11) is 2.11. The average molecular weight is 710 g/mol. The highest BCUT2D eigenvalue weighted by atomic mass is 35.5. The molecule has 0 aliphatic carbocycles. The number of amides is 4. The van der Waals surface area contributed by atoms with Crippen LogP contribution >= 0.6 is 22.9 Å². The third-order valence-corrected chi connectivity index (χ3v) is 11.6. The number of likely N-dealkylation sites (N-methyl/N-ethyl adjacent to an activating group) is 1. The van der Waals surface area contributed by atoms with E-state index in [1.165, 1.54) is 6.07 Å². The molecule has 3 saturated heterocycles. The summed E-state index contributed by atoms with van der Waals surface area (Å²) < 4.78 is 41.4. The third kappa shape index (κ3) is 7.71. The first-order valence-corrected chi connectivity index (χ1v) is 17.9. The highest BCUT2D eigenvalue weighted by Gasteiger charge is 2.38. The van der Waals surface area contributed by atoms with Crippen molar-refractivity contribution in [2.75, 3.05) is 70.5 Å². The summed E-state index contributed by atoms with van der Waals surface area (Å²) in [4.78, 5) is 51.7. The molecule has 6 rings (SSSR count). The molecule has 1 aromatic carbocycles. The fraction of sp³-hybridized carbons (Fsp3) is 0.606. The Morgan fingerprint density at radius 2 is 1.65 bits per heavy atom. The van der Waals surface area contributed by atoms with Gasteiger partial charge in [0.25, 0.3) is 0 Å². The van der Waals surface area contributed by atoms with Crippen LogP contribution < -0.4 is 11.1 Å². The first-order chi connectivity index (χ1) is 22.9. The molecule has 4 aliphatic rings. The number of piperazine rings is 1. The van der Waals surface area contributed by atoms with Crippen LogP contribution in [0.4, 0.5) is 29.3 Å². The number of hydrogen-bond acceptors (Lipinski definition) is 7. The summed E-state index contributed by atoms with van der Waals surface area (Å²) in [6.07, 6.45) is -2.10. The lowest BCUT2D eigenvalue weighted by Crippen LogP contribution is -2.54. The standard InChI is InChI=1S/C33H43ClF3N7O3S/c1-40-11-13-41(14-12-40)23-2-9-43(10-3-23)31(46)22(16-21-17-25(33(35,36)37)30(38)26(34)18-21)19-29(45)42-7-4-24(5-8-42)44-20-28-27(6-15-48-28)39-32(44)47/h6,15,17-18,22-24H,2-5,7-14,16,19-20,38H2,1H3,(H,39,47)/t22-/m0/s1. The molecule has 4 aliphatic heterocycles. The van der Waals surface area contributed by atoms with Crippen LogP contribution in [0.15, 0.2) is 23.6 Å². The van der Waals surface area contributed by atoms with Crippen molar-refractivity contribution in [2.24, 2.45) is 5.92 Å². The summed E-state index contributed by atoms with van der Waals surface area (Å²) in [6.45, 7) is 6.43. The molecule has 0 saturated carbocycles. The molecule has 2 aromatic rings. The van der Waals surface area contributed by atoms with Crippen molar-refractivity contribution in [3.05, 3.63) is 44.6 Å². The van der Waals surface area contributed by atoms with E-state index in [1.54, 1.807) is 21.1 Å². The van der Waals surface area contributed by atoms with Gasteiger partial charge in [0.2, 0.25) is 11.8 Å². The maximum absolute atomic E-state index is 14.1. The van der Waals surface area contributed by atoms with Gasteiger partial charge in [-0.15, -0.1) is 11.3 Å². The molecule has 48 heavy (non-hydrogen) atoms. The minimum atomic E-state index is -4.72. The van der Waals surface area contributed by atoms with E-state index in [0.29, 0.717) is 51.6 Å². The highest BCUT2D eigenvalue weighted by molar-refractivity contribution is 7.10. The van der Waals surface area contributed by atoms with Gasteiger partial charge in [-0.3, -0.25) is 14.5 Å². The molecule has 15 heteroatoms. The van der Waals surface area contributed by atoms with Gasteiger partial charge in [0.1, 0.15) is 0 Å². The maximum Gasteiger partial charge on any atom is 0.418 e. The van der Waals surface area contributed by atoms with E-state index in [9.17, 15) is 27.6 Å². The van der Waals surface area contributed by atoms with Crippen molar-refractivity contribution < 1.29 is 27.6 Å². The summed E-state index contributed by atoms with van der Waals surface area (Å²) in [6, 6.07) is 4.41. The second kappa shape index (κ2) is 14.4. The predicted molar refractivity (Wildman–Crippen MR) is 180 cm³/mol. The number of nitrogen functional groups attached to an aromatic ring is 1. The Balaban J connectivity index is 1.13. The minimum absolute atomic E-state index is 0.0268. The van der Waals surface area contributed by atoms with E-state index >= 15 is 0 Å². The summed E-state index contributed by atoms with van der Waals surface area (Å²) >= 11 is 7.73. The van der Waals surface area contributed by atoms with Gasteiger partial charge in [0.15, 0.2) is 0 Å². The van der Waals surface area contributed by atoms with Crippen LogP contribution in [0.2, 0.25) is 5.02 Å². The zero-order valence-corrected chi connectivity index (χ0v) is 28.7. The fourth-order valence-electron chi connectivity index (χ4n) is 7.50. The molecular formula is C33H43ClF3N7O3S. The minimum Gasteiger partial charge on any atom is -0.397 e. The molecule has 3 N–H and O–H groups in total. The van der Waals surface area contributed by atoms with E-state index in [4.69, 9.17) is 17.3 Å². The molecule has 1 aromatic heterocycles. The smallest absolute Gasteiger partial charge is 0.397 e. The Morgan fingerprint density at radius 1 is 1.00 bits per heavy atom. The Morgan fingerprint density at radius 3 is 2.31 bits per heavy atom. The van der Waals surface area contributed by atoms with Crippen LogP contribution in [0, 0.1) is 5.92 Å². The number of urea groups is 1.